The highest BCUT2D eigenvalue weighted by molar-refractivity contribution is 8.02. The Labute approximate surface area is 148 Å². The van der Waals surface area contributed by atoms with Crippen LogP contribution in [0, 0.1) is 11.6 Å². The molecular weight excluding hydrogens is 377 g/mol. The Morgan fingerprint density at radius 2 is 1.42 bits per heavy atom. The lowest BCUT2D eigenvalue weighted by molar-refractivity contribution is -0.170. The van der Waals surface area contributed by atoms with Crippen LogP contribution in [0.3, 0.4) is 0 Å². The van der Waals surface area contributed by atoms with Crippen molar-refractivity contribution in [2.75, 3.05) is 4.90 Å². The number of hydrogen-bond donors (Lipinski definition) is 0. The van der Waals surface area contributed by atoms with Gasteiger partial charge in [-0.05, 0) is 42.0 Å². The largest absolute Gasteiger partial charge is 0.451 e. The van der Waals surface area contributed by atoms with E-state index in [1.165, 1.54) is 24.3 Å². The molecule has 0 saturated carbocycles. The van der Waals surface area contributed by atoms with E-state index in [9.17, 15) is 31.5 Å². The summed E-state index contributed by atoms with van der Waals surface area (Å²) < 4.78 is 64.7. The zero-order chi connectivity index (χ0) is 19.1. The number of benzene rings is 2. The minimum Gasteiger partial charge on any atom is -0.294 e. The van der Waals surface area contributed by atoms with Crippen molar-refractivity contribution >= 4 is 29.1 Å². The quantitative estimate of drug-likeness (QED) is 0.584. The van der Waals surface area contributed by atoms with Crippen LogP contribution in [0.2, 0.25) is 0 Å². The summed E-state index contributed by atoms with van der Waals surface area (Å²) in [5.41, 5.74) is 0.474. The molecule has 1 fully saturated rings. The maximum absolute atomic E-state index is 13.1. The van der Waals surface area contributed by atoms with Crippen LogP contribution >= 0.6 is 11.8 Å². The van der Waals surface area contributed by atoms with Crippen LogP contribution in [-0.4, -0.2) is 23.1 Å². The van der Waals surface area contributed by atoms with Gasteiger partial charge in [-0.1, -0.05) is 12.1 Å². The summed E-state index contributed by atoms with van der Waals surface area (Å²) in [6.45, 7) is 0. The van der Waals surface area contributed by atoms with Crippen LogP contribution in [0.1, 0.15) is 10.9 Å². The number of carbonyl (C=O) groups is 2. The molecule has 0 N–H and O–H groups in total. The molecule has 1 aliphatic heterocycles. The third kappa shape index (κ3) is 3.44. The molecule has 2 aromatic carbocycles. The molecule has 0 spiro atoms. The van der Waals surface area contributed by atoms with Crippen molar-refractivity contribution in [1.82, 2.24) is 0 Å². The lowest BCUT2D eigenvalue weighted by Gasteiger charge is -2.24. The number of halogens is 5. The molecule has 1 amide bonds. The third-order valence-corrected chi connectivity index (χ3v) is 5.17. The number of alkyl halides is 3. The highest BCUT2D eigenvalue weighted by Crippen LogP contribution is 2.47. The smallest absolute Gasteiger partial charge is 0.294 e. The standard InChI is InChI=1S/C17H10F5NO2S/c18-10-3-1-9(2-4-10)16-23(12-7-5-11(19)6-8-12)15(25)13(26-16)14(24)17(20,21)22/h1-8,13,16H. The number of hydrogen-bond acceptors (Lipinski definition) is 3. The first kappa shape index (κ1) is 18.4. The second kappa shape index (κ2) is 6.71. The first-order chi connectivity index (χ1) is 12.2. The van der Waals surface area contributed by atoms with E-state index in [-0.39, 0.29) is 5.69 Å². The summed E-state index contributed by atoms with van der Waals surface area (Å²) in [5, 5.41) is -2.96. The van der Waals surface area contributed by atoms with Crippen LogP contribution in [0.25, 0.3) is 0 Å². The van der Waals surface area contributed by atoms with E-state index in [2.05, 4.69) is 0 Å². The zero-order valence-electron chi connectivity index (χ0n) is 12.8. The molecule has 1 aliphatic rings. The highest BCUT2D eigenvalue weighted by atomic mass is 32.2. The Morgan fingerprint density at radius 1 is 0.923 bits per heavy atom. The van der Waals surface area contributed by atoms with E-state index < -0.39 is 40.1 Å². The van der Waals surface area contributed by atoms with Crippen LogP contribution in [0.5, 0.6) is 0 Å². The Morgan fingerprint density at radius 3 is 1.92 bits per heavy atom. The van der Waals surface area contributed by atoms with Gasteiger partial charge in [-0.15, -0.1) is 11.8 Å². The number of nitrogens with zero attached hydrogens (tertiary/aromatic N) is 1. The van der Waals surface area contributed by atoms with E-state index in [1.54, 1.807) is 0 Å². The van der Waals surface area contributed by atoms with Crippen molar-refractivity contribution in [3.05, 3.63) is 65.7 Å². The topological polar surface area (TPSA) is 37.4 Å². The van der Waals surface area contributed by atoms with Gasteiger partial charge in [0.25, 0.3) is 5.78 Å². The van der Waals surface area contributed by atoms with Gasteiger partial charge in [-0.2, -0.15) is 13.2 Å². The number of Topliss-reactive ketones (excluding diaryl/α,β-unsaturated/α-hetero) is 1. The molecule has 2 atom stereocenters. The molecule has 1 saturated heterocycles. The van der Waals surface area contributed by atoms with Crippen molar-refractivity contribution in [3.63, 3.8) is 0 Å². The minimum atomic E-state index is -5.17. The van der Waals surface area contributed by atoms with E-state index in [0.29, 0.717) is 17.3 Å². The molecule has 0 radical (unpaired) electrons. The number of carbonyl (C=O) groups excluding carboxylic acids is 2. The monoisotopic (exact) mass is 387 g/mol. The summed E-state index contributed by atoms with van der Waals surface area (Å²) in [4.78, 5) is 25.2. The molecule has 0 bridgehead atoms. The number of anilines is 1. The third-order valence-electron chi connectivity index (χ3n) is 3.74. The van der Waals surface area contributed by atoms with Gasteiger partial charge >= 0.3 is 6.18 Å². The molecule has 9 heteroatoms. The molecule has 1 heterocycles. The molecule has 136 valence electrons. The average Bonchev–Trinajstić information content (AvgIpc) is 2.92. The van der Waals surface area contributed by atoms with E-state index in [1.807, 2.05) is 0 Å². The Balaban J connectivity index is 2.04. The normalized spacial score (nSPS) is 20.5. The molecule has 0 aliphatic carbocycles. The van der Waals surface area contributed by atoms with Gasteiger partial charge in [0.2, 0.25) is 5.91 Å². The van der Waals surface area contributed by atoms with E-state index in [4.69, 9.17) is 0 Å². The Kier molecular flexibility index (Phi) is 4.74. The number of ketones is 1. The molecule has 3 nitrogen and oxygen atoms in total. The van der Waals surface area contributed by atoms with Crippen molar-refractivity contribution in [3.8, 4) is 0 Å². The highest BCUT2D eigenvalue weighted by Gasteiger charge is 2.53. The zero-order valence-corrected chi connectivity index (χ0v) is 13.7. The number of thioether (sulfide) groups is 1. The van der Waals surface area contributed by atoms with Gasteiger partial charge in [-0.25, -0.2) is 8.78 Å². The van der Waals surface area contributed by atoms with Gasteiger partial charge in [0, 0.05) is 5.69 Å². The summed E-state index contributed by atoms with van der Waals surface area (Å²) >= 11 is 0.510. The molecule has 2 unspecified atom stereocenters. The SMILES string of the molecule is O=C1C(C(=O)C(F)(F)F)SC(c2ccc(F)cc2)N1c1ccc(F)cc1. The molecular formula is C17H10F5NO2S. The fraction of sp³-hybridized carbons (Fsp3) is 0.176. The van der Waals surface area contributed by atoms with Crippen molar-refractivity contribution in [1.29, 1.82) is 0 Å². The second-order valence-electron chi connectivity index (χ2n) is 5.47. The average molecular weight is 387 g/mol. The maximum atomic E-state index is 13.1. The van der Waals surface area contributed by atoms with E-state index in [0.717, 1.165) is 29.2 Å². The number of rotatable bonds is 3. The lowest BCUT2D eigenvalue weighted by Crippen LogP contribution is -2.40. The summed E-state index contributed by atoms with van der Waals surface area (Å²) in [5.74, 6) is -4.36. The minimum absolute atomic E-state index is 0.135. The van der Waals surface area contributed by atoms with Crippen LogP contribution in [0.15, 0.2) is 48.5 Å². The number of amides is 1. The second-order valence-corrected chi connectivity index (χ2v) is 6.66. The van der Waals surface area contributed by atoms with Crippen molar-refractivity contribution < 1.29 is 31.5 Å². The predicted octanol–water partition coefficient (Wildman–Crippen LogP) is 4.24. The predicted molar refractivity (Wildman–Crippen MR) is 85.5 cm³/mol. The molecule has 26 heavy (non-hydrogen) atoms. The fourth-order valence-electron chi connectivity index (χ4n) is 2.53. The summed E-state index contributed by atoms with van der Waals surface area (Å²) in [6, 6.07) is 9.38. The van der Waals surface area contributed by atoms with Crippen molar-refractivity contribution in [2.24, 2.45) is 0 Å². The van der Waals surface area contributed by atoms with Crippen LogP contribution in [-0.2, 0) is 9.59 Å². The first-order valence-corrected chi connectivity index (χ1v) is 8.23. The van der Waals surface area contributed by atoms with Gasteiger partial charge in [0.05, 0.1) is 0 Å². The molecule has 2 aromatic rings. The lowest BCUT2D eigenvalue weighted by atomic mass is 10.1. The summed E-state index contributed by atoms with van der Waals surface area (Å²) in [7, 11) is 0. The Hall–Kier alpha value is -2.42. The first-order valence-electron chi connectivity index (χ1n) is 7.29. The fourth-order valence-corrected chi connectivity index (χ4v) is 3.94. The Bertz CT molecular complexity index is 836. The molecule has 0 aromatic heterocycles. The van der Waals surface area contributed by atoms with Gasteiger partial charge in [-0.3, -0.25) is 14.5 Å². The van der Waals surface area contributed by atoms with Gasteiger partial charge < -0.3 is 0 Å². The van der Waals surface area contributed by atoms with Crippen molar-refractivity contribution in [2.45, 2.75) is 16.8 Å². The van der Waals surface area contributed by atoms with Gasteiger partial charge in [0.15, 0.2) is 5.25 Å². The van der Waals surface area contributed by atoms with E-state index >= 15 is 0 Å². The summed E-state index contributed by atoms with van der Waals surface area (Å²) in [6.07, 6.45) is -5.17. The van der Waals surface area contributed by atoms with Crippen LogP contribution < -0.4 is 4.90 Å². The maximum Gasteiger partial charge on any atom is 0.451 e. The van der Waals surface area contributed by atoms with Crippen LogP contribution in [0.4, 0.5) is 27.6 Å². The molecule has 3 rings (SSSR count). The van der Waals surface area contributed by atoms with Gasteiger partial charge in [0.1, 0.15) is 17.0 Å².